The molecule has 1 heterocycles. The van der Waals surface area contributed by atoms with Gasteiger partial charge in [0.2, 0.25) is 5.95 Å². The predicted molar refractivity (Wildman–Crippen MR) is 66.4 cm³/mol. The molecular weight excluding hydrogens is 198 g/mol. The van der Waals surface area contributed by atoms with Crippen molar-refractivity contribution in [3.05, 3.63) is 23.8 Å². The third-order valence-electron chi connectivity index (χ3n) is 3.63. The van der Waals surface area contributed by atoms with Crippen LogP contribution in [0.3, 0.4) is 0 Å². The first-order valence-corrected chi connectivity index (χ1v) is 6.00. The Morgan fingerprint density at radius 3 is 2.81 bits per heavy atom. The molecule has 1 aromatic heterocycles. The summed E-state index contributed by atoms with van der Waals surface area (Å²) in [6.07, 6.45) is 5.11. The van der Waals surface area contributed by atoms with E-state index in [4.69, 9.17) is 5.73 Å². The zero-order chi connectivity index (χ0) is 11.1. The lowest BCUT2D eigenvalue weighted by Gasteiger charge is -2.15. The minimum atomic E-state index is 0.561. The topological polar surface area (TPSA) is 43.8 Å². The number of nitrogens with zero attached hydrogens (tertiary/aromatic N) is 2. The van der Waals surface area contributed by atoms with Gasteiger partial charge in [0.05, 0.1) is 11.0 Å². The highest BCUT2D eigenvalue weighted by Gasteiger charge is 2.22. The van der Waals surface area contributed by atoms with Gasteiger partial charge < -0.3 is 10.3 Å². The molecule has 0 bridgehead atoms. The number of aromatic nitrogens is 2. The minimum absolute atomic E-state index is 0.561. The average molecular weight is 215 g/mol. The van der Waals surface area contributed by atoms with Gasteiger partial charge in [-0.2, -0.15) is 0 Å². The van der Waals surface area contributed by atoms with Gasteiger partial charge in [-0.3, -0.25) is 0 Å². The molecule has 0 unspecified atom stereocenters. The Morgan fingerprint density at radius 1 is 1.31 bits per heavy atom. The monoisotopic (exact) mass is 215 g/mol. The van der Waals surface area contributed by atoms with Gasteiger partial charge in [0, 0.05) is 6.04 Å². The normalized spacial score (nSPS) is 17.3. The Bertz CT molecular complexity index is 521. The van der Waals surface area contributed by atoms with Crippen LogP contribution in [-0.4, -0.2) is 9.55 Å². The van der Waals surface area contributed by atoms with Gasteiger partial charge in [-0.1, -0.05) is 25.0 Å². The van der Waals surface area contributed by atoms with Gasteiger partial charge in [0.1, 0.15) is 0 Å². The SMILES string of the molecule is Cc1cccc2nc(N)n(C3CCCC3)c12. The molecule has 1 aliphatic carbocycles. The van der Waals surface area contributed by atoms with Crippen molar-refractivity contribution in [1.29, 1.82) is 0 Å². The summed E-state index contributed by atoms with van der Waals surface area (Å²) in [5.74, 6) is 0.677. The maximum absolute atomic E-state index is 6.05. The fourth-order valence-corrected chi connectivity index (χ4v) is 2.87. The number of hydrogen-bond donors (Lipinski definition) is 1. The molecule has 16 heavy (non-hydrogen) atoms. The summed E-state index contributed by atoms with van der Waals surface area (Å²) in [5.41, 5.74) is 9.59. The summed E-state index contributed by atoms with van der Waals surface area (Å²) in [7, 11) is 0. The van der Waals surface area contributed by atoms with Gasteiger partial charge in [0.25, 0.3) is 0 Å². The molecule has 0 aliphatic heterocycles. The van der Waals surface area contributed by atoms with Crippen LogP contribution in [0.25, 0.3) is 11.0 Å². The van der Waals surface area contributed by atoms with Crippen molar-refractivity contribution in [3.63, 3.8) is 0 Å². The lowest BCUT2D eigenvalue weighted by atomic mass is 10.2. The van der Waals surface area contributed by atoms with Gasteiger partial charge in [-0.15, -0.1) is 0 Å². The first kappa shape index (κ1) is 9.70. The second kappa shape index (κ2) is 3.51. The van der Waals surface area contributed by atoms with E-state index in [1.54, 1.807) is 0 Å². The second-order valence-corrected chi connectivity index (χ2v) is 4.72. The van der Waals surface area contributed by atoms with Crippen LogP contribution in [0.15, 0.2) is 18.2 Å². The summed E-state index contributed by atoms with van der Waals surface area (Å²) in [6.45, 7) is 2.13. The highest BCUT2D eigenvalue weighted by atomic mass is 15.2. The summed E-state index contributed by atoms with van der Waals surface area (Å²) in [5, 5.41) is 0. The molecule has 0 radical (unpaired) electrons. The van der Waals surface area contributed by atoms with Crippen LogP contribution in [-0.2, 0) is 0 Å². The van der Waals surface area contributed by atoms with E-state index in [1.165, 1.54) is 36.8 Å². The van der Waals surface area contributed by atoms with E-state index in [9.17, 15) is 0 Å². The number of benzene rings is 1. The molecule has 1 fully saturated rings. The Hall–Kier alpha value is -1.51. The van der Waals surface area contributed by atoms with Crippen molar-refractivity contribution in [3.8, 4) is 0 Å². The number of aryl methyl sites for hydroxylation is 1. The summed E-state index contributed by atoms with van der Waals surface area (Å²) < 4.78 is 2.25. The van der Waals surface area contributed by atoms with Crippen LogP contribution in [0.1, 0.15) is 37.3 Å². The number of anilines is 1. The summed E-state index contributed by atoms with van der Waals surface area (Å²) >= 11 is 0. The van der Waals surface area contributed by atoms with E-state index in [0.29, 0.717) is 12.0 Å². The number of rotatable bonds is 1. The van der Waals surface area contributed by atoms with Crippen molar-refractivity contribution in [2.24, 2.45) is 0 Å². The lowest BCUT2D eigenvalue weighted by molar-refractivity contribution is 0.539. The largest absolute Gasteiger partial charge is 0.369 e. The molecule has 0 saturated heterocycles. The summed E-state index contributed by atoms with van der Waals surface area (Å²) in [6, 6.07) is 6.79. The molecule has 1 saturated carbocycles. The Balaban J connectivity index is 2.25. The van der Waals surface area contributed by atoms with E-state index in [2.05, 4.69) is 22.5 Å². The Morgan fingerprint density at radius 2 is 2.06 bits per heavy atom. The van der Waals surface area contributed by atoms with Crippen LogP contribution in [0.5, 0.6) is 0 Å². The van der Waals surface area contributed by atoms with Crippen molar-refractivity contribution in [2.75, 3.05) is 5.73 Å². The minimum Gasteiger partial charge on any atom is -0.369 e. The van der Waals surface area contributed by atoms with Gasteiger partial charge >= 0.3 is 0 Å². The number of imidazole rings is 1. The lowest BCUT2D eigenvalue weighted by Crippen LogP contribution is -2.08. The third-order valence-corrected chi connectivity index (χ3v) is 3.63. The maximum atomic E-state index is 6.05. The fourth-order valence-electron chi connectivity index (χ4n) is 2.87. The third kappa shape index (κ3) is 1.31. The number of nitrogens with two attached hydrogens (primary N) is 1. The zero-order valence-electron chi connectivity index (χ0n) is 9.61. The highest BCUT2D eigenvalue weighted by Crippen LogP contribution is 2.35. The maximum Gasteiger partial charge on any atom is 0.201 e. The Labute approximate surface area is 95.3 Å². The van der Waals surface area contributed by atoms with E-state index in [0.717, 1.165) is 5.52 Å². The number of hydrogen-bond acceptors (Lipinski definition) is 2. The standard InChI is InChI=1S/C13H17N3/c1-9-5-4-8-11-12(9)16(13(14)15-11)10-6-2-3-7-10/h4-5,8,10H,2-3,6-7H2,1H3,(H2,14,15). The molecule has 3 rings (SSSR count). The van der Waals surface area contributed by atoms with Gasteiger partial charge in [0.15, 0.2) is 0 Å². The molecule has 3 heteroatoms. The van der Waals surface area contributed by atoms with Crippen LogP contribution in [0.4, 0.5) is 5.95 Å². The Kier molecular flexibility index (Phi) is 2.13. The number of para-hydroxylation sites is 1. The van der Waals surface area contributed by atoms with Gasteiger partial charge in [-0.05, 0) is 31.4 Å². The molecule has 2 N–H and O–H groups in total. The van der Waals surface area contributed by atoms with E-state index >= 15 is 0 Å². The van der Waals surface area contributed by atoms with Crippen molar-refractivity contribution < 1.29 is 0 Å². The van der Waals surface area contributed by atoms with Crippen molar-refractivity contribution in [2.45, 2.75) is 38.6 Å². The average Bonchev–Trinajstić information content (AvgIpc) is 2.84. The van der Waals surface area contributed by atoms with Crippen LogP contribution in [0.2, 0.25) is 0 Å². The molecular formula is C13H17N3. The van der Waals surface area contributed by atoms with Crippen LogP contribution >= 0.6 is 0 Å². The molecule has 2 aromatic rings. The molecule has 1 aliphatic rings. The van der Waals surface area contributed by atoms with E-state index in [1.807, 2.05) is 12.1 Å². The highest BCUT2D eigenvalue weighted by molar-refractivity contribution is 5.81. The number of nitrogen functional groups attached to an aromatic ring is 1. The molecule has 0 atom stereocenters. The zero-order valence-corrected chi connectivity index (χ0v) is 9.61. The molecule has 3 nitrogen and oxygen atoms in total. The van der Waals surface area contributed by atoms with Crippen LogP contribution in [0, 0.1) is 6.92 Å². The summed E-state index contributed by atoms with van der Waals surface area (Å²) in [4.78, 5) is 4.46. The van der Waals surface area contributed by atoms with Crippen molar-refractivity contribution in [1.82, 2.24) is 9.55 Å². The first-order chi connectivity index (χ1) is 7.77. The second-order valence-electron chi connectivity index (χ2n) is 4.72. The molecule has 1 aromatic carbocycles. The van der Waals surface area contributed by atoms with E-state index in [-0.39, 0.29) is 0 Å². The smallest absolute Gasteiger partial charge is 0.201 e. The first-order valence-electron chi connectivity index (χ1n) is 6.00. The molecule has 84 valence electrons. The number of fused-ring (bicyclic) bond motifs is 1. The molecule has 0 spiro atoms. The fraction of sp³-hybridized carbons (Fsp3) is 0.462. The van der Waals surface area contributed by atoms with E-state index < -0.39 is 0 Å². The van der Waals surface area contributed by atoms with Crippen LogP contribution < -0.4 is 5.73 Å². The quantitative estimate of drug-likeness (QED) is 0.794. The van der Waals surface area contributed by atoms with Crippen molar-refractivity contribution >= 4 is 17.0 Å². The van der Waals surface area contributed by atoms with Gasteiger partial charge in [-0.25, -0.2) is 4.98 Å². The molecule has 0 amide bonds. The predicted octanol–water partition coefficient (Wildman–Crippen LogP) is 3.04.